The van der Waals surface area contributed by atoms with Crippen LogP contribution in [-0.2, 0) is 4.79 Å². The molecule has 0 bridgehead atoms. The van der Waals surface area contributed by atoms with Crippen molar-refractivity contribution in [2.24, 2.45) is 5.92 Å². The van der Waals surface area contributed by atoms with Gasteiger partial charge in [-0.25, -0.2) is 0 Å². The standard InChI is InChI=1S/C10H20O2/c1-5-8(3)7-9(11)10(4,12)6-2/h8,12H,5-7H2,1-4H3. The van der Waals surface area contributed by atoms with Crippen LogP contribution in [0.2, 0.25) is 0 Å². The van der Waals surface area contributed by atoms with Gasteiger partial charge in [0.15, 0.2) is 5.78 Å². The third kappa shape index (κ3) is 3.35. The number of carbonyl (C=O) groups is 1. The summed E-state index contributed by atoms with van der Waals surface area (Å²) in [5.74, 6) is 0.356. The van der Waals surface area contributed by atoms with E-state index in [2.05, 4.69) is 6.92 Å². The Kier molecular flexibility index (Phi) is 4.46. The summed E-state index contributed by atoms with van der Waals surface area (Å²) >= 11 is 0. The third-order valence-corrected chi connectivity index (χ3v) is 2.52. The minimum Gasteiger partial charge on any atom is -0.382 e. The maximum absolute atomic E-state index is 11.4. The normalized spacial score (nSPS) is 18.4. The maximum Gasteiger partial charge on any atom is 0.164 e. The van der Waals surface area contributed by atoms with Gasteiger partial charge in [0.05, 0.1) is 0 Å². The zero-order valence-electron chi connectivity index (χ0n) is 8.55. The van der Waals surface area contributed by atoms with E-state index in [9.17, 15) is 9.90 Å². The molecule has 0 heterocycles. The first-order valence-corrected chi connectivity index (χ1v) is 4.69. The van der Waals surface area contributed by atoms with Crippen molar-refractivity contribution in [1.29, 1.82) is 0 Å². The molecule has 2 unspecified atom stereocenters. The molecule has 0 aromatic carbocycles. The second-order valence-corrected chi connectivity index (χ2v) is 3.77. The van der Waals surface area contributed by atoms with E-state index in [4.69, 9.17) is 0 Å². The van der Waals surface area contributed by atoms with Gasteiger partial charge >= 0.3 is 0 Å². The summed E-state index contributed by atoms with van der Waals surface area (Å²) in [7, 11) is 0. The molecule has 0 amide bonds. The molecule has 72 valence electrons. The molecule has 0 aliphatic heterocycles. The van der Waals surface area contributed by atoms with E-state index in [1.807, 2.05) is 13.8 Å². The fourth-order valence-electron chi connectivity index (χ4n) is 0.878. The van der Waals surface area contributed by atoms with Gasteiger partial charge in [-0.2, -0.15) is 0 Å². The Morgan fingerprint density at radius 3 is 2.33 bits per heavy atom. The van der Waals surface area contributed by atoms with Crippen LogP contribution < -0.4 is 0 Å². The summed E-state index contributed by atoms with van der Waals surface area (Å²) < 4.78 is 0. The maximum atomic E-state index is 11.4. The van der Waals surface area contributed by atoms with Gasteiger partial charge in [0, 0.05) is 6.42 Å². The molecule has 12 heavy (non-hydrogen) atoms. The van der Waals surface area contributed by atoms with E-state index in [-0.39, 0.29) is 5.78 Å². The van der Waals surface area contributed by atoms with Crippen molar-refractivity contribution in [1.82, 2.24) is 0 Å². The summed E-state index contributed by atoms with van der Waals surface area (Å²) in [6.07, 6.45) is 1.99. The average molecular weight is 172 g/mol. The van der Waals surface area contributed by atoms with Crippen molar-refractivity contribution < 1.29 is 9.90 Å². The number of rotatable bonds is 5. The van der Waals surface area contributed by atoms with Crippen molar-refractivity contribution in [2.75, 3.05) is 0 Å². The molecule has 0 fully saturated rings. The molecule has 0 radical (unpaired) electrons. The third-order valence-electron chi connectivity index (χ3n) is 2.52. The fourth-order valence-corrected chi connectivity index (χ4v) is 0.878. The van der Waals surface area contributed by atoms with Crippen LogP contribution in [-0.4, -0.2) is 16.5 Å². The topological polar surface area (TPSA) is 37.3 Å². The van der Waals surface area contributed by atoms with Crippen molar-refractivity contribution in [3.05, 3.63) is 0 Å². The Morgan fingerprint density at radius 2 is 2.00 bits per heavy atom. The number of aliphatic hydroxyl groups is 1. The SMILES string of the molecule is CCC(C)CC(=O)C(C)(O)CC. The van der Waals surface area contributed by atoms with Gasteiger partial charge in [0.25, 0.3) is 0 Å². The van der Waals surface area contributed by atoms with Crippen LogP contribution in [0.25, 0.3) is 0 Å². The number of hydrogen-bond acceptors (Lipinski definition) is 2. The van der Waals surface area contributed by atoms with Crippen LogP contribution in [0.4, 0.5) is 0 Å². The van der Waals surface area contributed by atoms with Crippen LogP contribution in [0.3, 0.4) is 0 Å². The van der Waals surface area contributed by atoms with Gasteiger partial charge in [-0.05, 0) is 19.3 Å². The Labute approximate surface area is 75.0 Å². The van der Waals surface area contributed by atoms with Crippen LogP contribution in [0, 0.1) is 5.92 Å². The van der Waals surface area contributed by atoms with Crippen molar-refractivity contribution in [2.45, 2.75) is 52.6 Å². The zero-order valence-corrected chi connectivity index (χ0v) is 8.55. The Balaban J connectivity index is 4.03. The van der Waals surface area contributed by atoms with Gasteiger partial charge in [-0.15, -0.1) is 0 Å². The molecule has 0 aliphatic carbocycles. The van der Waals surface area contributed by atoms with E-state index in [1.54, 1.807) is 6.92 Å². The molecule has 2 nitrogen and oxygen atoms in total. The minimum absolute atomic E-state index is 0.0284. The first kappa shape index (κ1) is 11.6. The molecule has 0 spiro atoms. The molecule has 0 aromatic heterocycles. The van der Waals surface area contributed by atoms with Crippen molar-refractivity contribution >= 4 is 5.78 Å². The Morgan fingerprint density at radius 1 is 1.50 bits per heavy atom. The molecule has 0 rings (SSSR count). The molecular formula is C10H20O2. The molecule has 2 heteroatoms. The van der Waals surface area contributed by atoms with Crippen LogP contribution >= 0.6 is 0 Å². The highest BCUT2D eigenvalue weighted by molar-refractivity contribution is 5.86. The predicted molar refractivity (Wildman–Crippen MR) is 50.0 cm³/mol. The van der Waals surface area contributed by atoms with Gasteiger partial charge in [0.2, 0.25) is 0 Å². The number of hydrogen-bond donors (Lipinski definition) is 1. The van der Waals surface area contributed by atoms with Gasteiger partial charge in [-0.3, -0.25) is 4.79 Å². The lowest BCUT2D eigenvalue weighted by molar-refractivity contribution is -0.136. The molecule has 0 saturated carbocycles. The molecule has 2 atom stereocenters. The average Bonchev–Trinajstić information content (AvgIpc) is 2.04. The first-order chi connectivity index (χ1) is 5.44. The molecular weight excluding hydrogens is 152 g/mol. The highest BCUT2D eigenvalue weighted by Gasteiger charge is 2.27. The van der Waals surface area contributed by atoms with Crippen LogP contribution in [0.1, 0.15) is 47.0 Å². The summed E-state index contributed by atoms with van der Waals surface area (Å²) in [6.45, 7) is 7.51. The Bertz CT molecular complexity index is 150. The van der Waals surface area contributed by atoms with Crippen LogP contribution in [0.5, 0.6) is 0 Å². The highest BCUT2D eigenvalue weighted by atomic mass is 16.3. The zero-order chi connectivity index (χ0) is 9.78. The Hall–Kier alpha value is -0.370. The fraction of sp³-hybridized carbons (Fsp3) is 0.900. The largest absolute Gasteiger partial charge is 0.382 e. The van der Waals surface area contributed by atoms with Gasteiger partial charge < -0.3 is 5.11 Å². The smallest absolute Gasteiger partial charge is 0.164 e. The summed E-state index contributed by atoms with van der Waals surface area (Å²) in [4.78, 5) is 11.4. The highest BCUT2D eigenvalue weighted by Crippen LogP contribution is 2.17. The van der Waals surface area contributed by atoms with Crippen molar-refractivity contribution in [3.63, 3.8) is 0 Å². The number of carbonyl (C=O) groups excluding carboxylic acids is 1. The quantitative estimate of drug-likeness (QED) is 0.690. The summed E-state index contributed by atoms with van der Waals surface area (Å²) in [5, 5.41) is 9.59. The summed E-state index contributed by atoms with van der Waals surface area (Å²) in [6, 6.07) is 0. The van der Waals surface area contributed by atoms with E-state index in [0.717, 1.165) is 6.42 Å². The monoisotopic (exact) mass is 172 g/mol. The number of ketones is 1. The molecule has 0 aliphatic rings. The second-order valence-electron chi connectivity index (χ2n) is 3.77. The van der Waals surface area contributed by atoms with E-state index < -0.39 is 5.60 Å². The number of Topliss-reactive ketones (excluding diaryl/α,β-unsaturated/α-hetero) is 1. The molecule has 1 N–H and O–H groups in total. The summed E-state index contributed by atoms with van der Waals surface area (Å²) in [5.41, 5.74) is -1.11. The van der Waals surface area contributed by atoms with E-state index >= 15 is 0 Å². The second kappa shape index (κ2) is 4.61. The lowest BCUT2D eigenvalue weighted by Crippen LogP contribution is -2.35. The van der Waals surface area contributed by atoms with Crippen LogP contribution in [0.15, 0.2) is 0 Å². The molecule has 0 aromatic rings. The van der Waals surface area contributed by atoms with Crippen molar-refractivity contribution in [3.8, 4) is 0 Å². The van der Waals surface area contributed by atoms with Gasteiger partial charge in [0.1, 0.15) is 5.60 Å². The molecule has 0 saturated heterocycles. The predicted octanol–water partition coefficient (Wildman–Crippen LogP) is 2.15. The minimum atomic E-state index is -1.11. The van der Waals surface area contributed by atoms with E-state index in [0.29, 0.717) is 18.8 Å². The lowest BCUT2D eigenvalue weighted by Gasteiger charge is -2.21. The van der Waals surface area contributed by atoms with E-state index in [1.165, 1.54) is 0 Å². The van der Waals surface area contributed by atoms with Gasteiger partial charge in [-0.1, -0.05) is 27.2 Å². The first-order valence-electron chi connectivity index (χ1n) is 4.69. The lowest BCUT2D eigenvalue weighted by atomic mass is 9.90.